The maximum absolute atomic E-state index is 11.5. The Bertz CT molecular complexity index is 821. The number of carbonyl (C=O) groups excluding carboxylic acids is 1. The first kappa shape index (κ1) is 13.6. The Labute approximate surface area is 126 Å². The van der Waals surface area contributed by atoms with Gasteiger partial charge in [0.25, 0.3) is 5.91 Å². The van der Waals surface area contributed by atoms with Gasteiger partial charge in [0.15, 0.2) is 0 Å². The van der Waals surface area contributed by atoms with Gasteiger partial charge in [-0.1, -0.05) is 17.7 Å². The van der Waals surface area contributed by atoms with Crippen LogP contribution in [0.2, 0.25) is 0 Å². The highest BCUT2D eigenvalue weighted by molar-refractivity contribution is 7.21. The monoisotopic (exact) mass is 297 g/mol. The molecule has 5 heteroatoms. The topological polar surface area (TPSA) is 68.0 Å². The molecule has 0 fully saturated rings. The van der Waals surface area contributed by atoms with Crippen molar-refractivity contribution >= 4 is 38.7 Å². The summed E-state index contributed by atoms with van der Waals surface area (Å²) in [6.45, 7) is 3.97. The molecular weight excluding hydrogens is 282 g/mol. The summed E-state index contributed by atoms with van der Waals surface area (Å²) in [7, 11) is 0. The zero-order valence-electron chi connectivity index (χ0n) is 11.8. The zero-order valence-corrected chi connectivity index (χ0v) is 12.6. The number of nitrogens with two attached hydrogens (primary N) is 1. The van der Waals surface area contributed by atoms with Crippen LogP contribution < -0.4 is 11.1 Å². The van der Waals surface area contributed by atoms with Crippen molar-refractivity contribution in [3.05, 3.63) is 52.7 Å². The van der Waals surface area contributed by atoms with E-state index in [1.807, 2.05) is 38.1 Å². The van der Waals surface area contributed by atoms with E-state index in [0.29, 0.717) is 4.88 Å². The largest absolute Gasteiger partial charge is 0.365 e. The number of hydrogen-bond acceptors (Lipinski definition) is 4. The minimum absolute atomic E-state index is 0.394. The van der Waals surface area contributed by atoms with Crippen LogP contribution in [0.5, 0.6) is 0 Å². The molecule has 0 bridgehead atoms. The van der Waals surface area contributed by atoms with Gasteiger partial charge in [0.2, 0.25) is 0 Å². The van der Waals surface area contributed by atoms with Crippen LogP contribution in [-0.2, 0) is 0 Å². The third-order valence-electron chi connectivity index (χ3n) is 3.39. The van der Waals surface area contributed by atoms with Crippen LogP contribution in [0.25, 0.3) is 10.1 Å². The lowest BCUT2D eigenvalue weighted by Crippen LogP contribution is -2.09. The number of pyridine rings is 1. The highest BCUT2D eigenvalue weighted by Gasteiger charge is 2.15. The molecule has 0 saturated carbocycles. The van der Waals surface area contributed by atoms with Crippen molar-refractivity contribution in [1.29, 1.82) is 0 Å². The maximum atomic E-state index is 11.5. The number of benzene rings is 1. The van der Waals surface area contributed by atoms with Gasteiger partial charge in [0, 0.05) is 17.3 Å². The molecule has 0 spiro atoms. The fourth-order valence-electron chi connectivity index (χ4n) is 2.33. The number of primary amides is 1. The Kier molecular flexibility index (Phi) is 3.35. The summed E-state index contributed by atoms with van der Waals surface area (Å²) in [4.78, 5) is 16.3. The Morgan fingerprint density at radius 3 is 2.57 bits per heavy atom. The van der Waals surface area contributed by atoms with E-state index in [0.717, 1.165) is 27.0 Å². The van der Waals surface area contributed by atoms with E-state index < -0.39 is 5.91 Å². The molecule has 0 aliphatic heterocycles. The third-order valence-corrected chi connectivity index (χ3v) is 4.63. The van der Waals surface area contributed by atoms with Crippen LogP contribution in [0.4, 0.5) is 11.4 Å². The molecule has 0 atom stereocenters. The van der Waals surface area contributed by atoms with E-state index in [1.54, 1.807) is 12.4 Å². The number of rotatable bonds is 3. The lowest BCUT2D eigenvalue weighted by molar-refractivity contribution is 0.100. The average molecular weight is 297 g/mol. The second kappa shape index (κ2) is 5.18. The van der Waals surface area contributed by atoms with Gasteiger partial charge in [-0.3, -0.25) is 9.78 Å². The molecule has 0 aliphatic rings. The van der Waals surface area contributed by atoms with Crippen LogP contribution in [0.1, 0.15) is 20.8 Å². The van der Waals surface area contributed by atoms with E-state index >= 15 is 0 Å². The zero-order chi connectivity index (χ0) is 15.0. The third kappa shape index (κ3) is 2.48. The van der Waals surface area contributed by atoms with Crippen molar-refractivity contribution < 1.29 is 4.79 Å². The molecule has 3 rings (SSSR count). The first-order chi connectivity index (χ1) is 10.1. The minimum Gasteiger partial charge on any atom is -0.365 e. The van der Waals surface area contributed by atoms with Gasteiger partial charge >= 0.3 is 0 Å². The van der Waals surface area contributed by atoms with Crippen molar-refractivity contribution in [3.63, 3.8) is 0 Å². The average Bonchev–Trinajstić information content (AvgIpc) is 2.80. The summed E-state index contributed by atoms with van der Waals surface area (Å²) in [5, 5.41) is 4.36. The summed E-state index contributed by atoms with van der Waals surface area (Å²) in [6, 6.07) is 8.13. The van der Waals surface area contributed by atoms with Gasteiger partial charge in [-0.15, -0.1) is 11.3 Å². The molecule has 2 heterocycles. The first-order valence-electron chi connectivity index (χ1n) is 6.57. The number of nitrogens with one attached hydrogen (secondary N) is 1. The number of aromatic nitrogens is 1. The number of nitrogens with zero attached hydrogens (tertiary/aromatic N) is 1. The number of amides is 1. The van der Waals surface area contributed by atoms with Crippen LogP contribution in [-0.4, -0.2) is 10.9 Å². The quantitative estimate of drug-likeness (QED) is 0.773. The molecule has 1 aromatic carbocycles. The van der Waals surface area contributed by atoms with Crippen LogP contribution >= 0.6 is 11.3 Å². The van der Waals surface area contributed by atoms with Crippen LogP contribution in [0.15, 0.2) is 36.7 Å². The molecule has 1 amide bonds. The van der Waals surface area contributed by atoms with Crippen LogP contribution in [0.3, 0.4) is 0 Å². The first-order valence-corrected chi connectivity index (χ1v) is 7.38. The number of thiophene rings is 1. The highest BCUT2D eigenvalue weighted by atomic mass is 32.1. The molecule has 3 N–H and O–H groups in total. The number of hydrogen-bond donors (Lipinski definition) is 2. The lowest BCUT2D eigenvalue weighted by Gasteiger charge is -2.08. The Morgan fingerprint density at radius 1 is 1.19 bits per heavy atom. The Hall–Kier alpha value is -2.40. The van der Waals surface area contributed by atoms with Gasteiger partial charge in [0.05, 0.1) is 21.5 Å². The van der Waals surface area contributed by atoms with Gasteiger partial charge in [-0.05, 0) is 31.5 Å². The Balaban J connectivity index is 2.10. The molecule has 0 saturated heterocycles. The number of aryl methyl sites for hydroxylation is 2. The molecule has 21 heavy (non-hydrogen) atoms. The number of carbonyl (C=O) groups is 1. The van der Waals surface area contributed by atoms with Gasteiger partial charge < -0.3 is 11.1 Å². The van der Waals surface area contributed by atoms with Crippen molar-refractivity contribution in [2.75, 3.05) is 5.32 Å². The van der Waals surface area contributed by atoms with E-state index in [2.05, 4.69) is 10.3 Å². The summed E-state index contributed by atoms with van der Waals surface area (Å²) < 4.78 is 0.957. The fourth-order valence-corrected chi connectivity index (χ4v) is 3.38. The Morgan fingerprint density at radius 2 is 1.90 bits per heavy atom. The second-order valence-corrected chi connectivity index (χ2v) is 6.02. The standard InChI is InChI=1S/C16H15N3OS/c1-9-3-5-11(6-4-9)19-12-7-18-8-13-14(12)10(2)15(21-13)16(17)20/h3-8,19H,1-2H3,(H2,17,20). The van der Waals surface area contributed by atoms with Crippen LogP contribution in [0, 0.1) is 13.8 Å². The van der Waals surface area contributed by atoms with Gasteiger partial charge in [0.1, 0.15) is 0 Å². The molecule has 0 aliphatic carbocycles. The minimum atomic E-state index is -0.394. The molecule has 106 valence electrons. The summed E-state index contributed by atoms with van der Waals surface area (Å²) >= 11 is 1.38. The second-order valence-electron chi connectivity index (χ2n) is 4.97. The number of fused-ring (bicyclic) bond motifs is 1. The molecule has 3 aromatic rings. The predicted octanol–water partition coefficient (Wildman–Crippen LogP) is 3.76. The molecule has 0 unspecified atom stereocenters. The van der Waals surface area contributed by atoms with E-state index in [4.69, 9.17) is 5.73 Å². The van der Waals surface area contributed by atoms with E-state index in [-0.39, 0.29) is 0 Å². The highest BCUT2D eigenvalue weighted by Crippen LogP contribution is 2.35. The van der Waals surface area contributed by atoms with Crippen molar-refractivity contribution in [1.82, 2.24) is 4.98 Å². The maximum Gasteiger partial charge on any atom is 0.259 e. The van der Waals surface area contributed by atoms with Gasteiger partial charge in [-0.25, -0.2) is 0 Å². The summed E-state index contributed by atoms with van der Waals surface area (Å²) in [5.41, 5.74) is 9.41. The molecule has 0 radical (unpaired) electrons. The van der Waals surface area contributed by atoms with E-state index in [9.17, 15) is 4.79 Å². The molecule has 4 nitrogen and oxygen atoms in total. The van der Waals surface area contributed by atoms with Gasteiger partial charge in [-0.2, -0.15) is 0 Å². The molecular formula is C16H15N3OS. The van der Waals surface area contributed by atoms with Crippen molar-refractivity contribution in [3.8, 4) is 0 Å². The van der Waals surface area contributed by atoms with Crippen molar-refractivity contribution in [2.45, 2.75) is 13.8 Å². The SMILES string of the molecule is Cc1ccc(Nc2cncc3sc(C(N)=O)c(C)c23)cc1. The summed E-state index contributed by atoms with van der Waals surface area (Å²) in [6.07, 6.45) is 3.53. The smallest absolute Gasteiger partial charge is 0.259 e. The molecule has 2 aromatic heterocycles. The van der Waals surface area contributed by atoms with Crippen molar-refractivity contribution in [2.24, 2.45) is 5.73 Å². The fraction of sp³-hybridized carbons (Fsp3) is 0.125. The number of anilines is 2. The normalized spacial score (nSPS) is 10.8. The predicted molar refractivity (Wildman–Crippen MR) is 87.3 cm³/mol. The summed E-state index contributed by atoms with van der Waals surface area (Å²) in [5.74, 6) is -0.394. The lowest BCUT2D eigenvalue weighted by atomic mass is 10.1. The van der Waals surface area contributed by atoms with E-state index in [1.165, 1.54) is 16.9 Å².